The smallest absolute Gasteiger partial charge is 0.310 e. The average molecular weight is 616 g/mol. The van der Waals surface area contributed by atoms with Crippen LogP contribution in [0.1, 0.15) is 47.1 Å². The predicted molar refractivity (Wildman–Crippen MR) is 158 cm³/mol. The number of nitrogens with one attached hydrogen (secondary N) is 2. The zero-order valence-corrected chi connectivity index (χ0v) is 25.2. The second-order valence-electron chi connectivity index (χ2n) is 11.7. The van der Waals surface area contributed by atoms with Crippen molar-refractivity contribution >= 4 is 35.1 Å². The van der Waals surface area contributed by atoms with Gasteiger partial charge in [0.1, 0.15) is 11.6 Å². The van der Waals surface area contributed by atoms with Crippen LogP contribution in [0, 0.1) is 24.0 Å². The summed E-state index contributed by atoms with van der Waals surface area (Å²) in [5.41, 5.74) is -0.381. The largest absolute Gasteiger partial charge is 0.481 e. The highest BCUT2D eigenvalue weighted by atomic mass is 35.5. The molecule has 2 aromatic heterocycles. The number of likely N-dealkylation sites (N-methyl/N-ethyl adjacent to an activating group) is 1. The molecule has 1 aromatic carbocycles. The topological polar surface area (TPSA) is 118 Å². The van der Waals surface area contributed by atoms with Gasteiger partial charge >= 0.3 is 5.97 Å². The number of aryl methyl sites for hydroxylation is 1. The van der Waals surface area contributed by atoms with E-state index in [1.807, 2.05) is 25.8 Å². The number of amides is 1. The minimum atomic E-state index is -1.34. The third kappa shape index (κ3) is 6.66. The van der Waals surface area contributed by atoms with Crippen LogP contribution < -0.4 is 5.32 Å². The summed E-state index contributed by atoms with van der Waals surface area (Å²) >= 11 is 5.96. The van der Waals surface area contributed by atoms with Crippen LogP contribution in [0.25, 0.3) is 0 Å². The standard InChI is InChI=1S/C30H36ClF2N7O3/c1-18-13-25(37-36-18)35-24-14-21(28(41)39-11-9-38(3)10-12-39)27(33)23(34-24)16-30(29(42)43)7-8-40(19(2)15-30)17-20-5-4-6-22(31)26(20)32/h4-6,13-14,19H,7-12,15-17H2,1-3H3,(H,42,43)(H2,34,35,36,37)/t19-,30-/m1/s1. The molecule has 0 unspecified atom stereocenters. The molecule has 2 atom stereocenters. The molecular formula is C30H36ClF2N7O3. The molecule has 2 fully saturated rings. The Kier molecular flexibility index (Phi) is 9.00. The van der Waals surface area contributed by atoms with Gasteiger partial charge in [0.2, 0.25) is 0 Å². The van der Waals surface area contributed by atoms with Crippen molar-refractivity contribution in [2.75, 3.05) is 45.1 Å². The van der Waals surface area contributed by atoms with Gasteiger partial charge in [0.15, 0.2) is 11.6 Å². The number of aromatic nitrogens is 3. The van der Waals surface area contributed by atoms with Crippen LogP contribution >= 0.6 is 11.6 Å². The highest BCUT2D eigenvalue weighted by Gasteiger charge is 2.45. The van der Waals surface area contributed by atoms with Crippen LogP contribution in [0.15, 0.2) is 30.3 Å². The number of piperidine rings is 1. The Labute approximate surface area is 254 Å². The van der Waals surface area contributed by atoms with Gasteiger partial charge in [-0.25, -0.2) is 13.8 Å². The number of H-pyrrole nitrogens is 1. The van der Waals surface area contributed by atoms with Crippen LogP contribution in [0.5, 0.6) is 0 Å². The number of anilines is 2. The molecule has 13 heteroatoms. The van der Waals surface area contributed by atoms with Crippen LogP contribution in [0.4, 0.5) is 20.4 Å². The van der Waals surface area contributed by atoms with E-state index >= 15 is 4.39 Å². The molecule has 0 spiro atoms. The maximum atomic E-state index is 16.2. The number of likely N-dealkylation sites (tertiary alicyclic amines) is 1. The average Bonchev–Trinajstić information content (AvgIpc) is 3.38. The van der Waals surface area contributed by atoms with Crippen LogP contribution in [0.3, 0.4) is 0 Å². The van der Waals surface area contributed by atoms with Crippen molar-refractivity contribution in [2.45, 2.75) is 45.7 Å². The number of carbonyl (C=O) groups is 2. The van der Waals surface area contributed by atoms with Crippen molar-refractivity contribution in [1.29, 1.82) is 0 Å². The number of carboxylic acid groups (broad SMARTS) is 1. The third-order valence-electron chi connectivity index (χ3n) is 8.56. The Hall–Kier alpha value is -3.61. The summed E-state index contributed by atoms with van der Waals surface area (Å²) in [6.45, 7) is 6.55. The van der Waals surface area contributed by atoms with Crippen molar-refractivity contribution in [3.63, 3.8) is 0 Å². The first-order valence-corrected chi connectivity index (χ1v) is 14.7. The van der Waals surface area contributed by atoms with Crippen molar-refractivity contribution in [1.82, 2.24) is 29.9 Å². The number of aromatic amines is 1. The van der Waals surface area contributed by atoms with E-state index in [-0.39, 0.29) is 53.9 Å². The van der Waals surface area contributed by atoms with Gasteiger partial charge in [-0.05, 0) is 52.4 Å². The Morgan fingerprint density at radius 3 is 2.53 bits per heavy atom. The number of hydrogen-bond acceptors (Lipinski definition) is 7. The summed E-state index contributed by atoms with van der Waals surface area (Å²) in [6, 6.07) is 7.66. The molecule has 5 rings (SSSR count). The number of hydrogen-bond donors (Lipinski definition) is 3. The number of benzene rings is 1. The molecule has 0 radical (unpaired) electrons. The summed E-state index contributed by atoms with van der Waals surface area (Å²) in [5.74, 6) is -2.21. The van der Waals surface area contributed by atoms with Gasteiger partial charge in [-0.2, -0.15) is 5.10 Å². The van der Waals surface area contributed by atoms with Crippen molar-refractivity contribution in [3.05, 3.63) is 69.5 Å². The maximum Gasteiger partial charge on any atom is 0.310 e. The van der Waals surface area contributed by atoms with E-state index in [1.54, 1.807) is 23.1 Å². The first kappa shape index (κ1) is 30.8. The molecule has 10 nitrogen and oxygen atoms in total. The van der Waals surface area contributed by atoms with Gasteiger partial charge in [-0.1, -0.05) is 23.7 Å². The van der Waals surface area contributed by atoms with Gasteiger partial charge in [0.25, 0.3) is 5.91 Å². The van der Waals surface area contributed by atoms with Crippen molar-refractivity contribution in [2.24, 2.45) is 5.41 Å². The minimum absolute atomic E-state index is 0.0315. The predicted octanol–water partition coefficient (Wildman–Crippen LogP) is 4.47. The molecule has 0 aliphatic carbocycles. The summed E-state index contributed by atoms with van der Waals surface area (Å²) in [4.78, 5) is 36.5. The summed E-state index contributed by atoms with van der Waals surface area (Å²) in [7, 11) is 1.96. The Bertz CT molecular complexity index is 1510. The van der Waals surface area contributed by atoms with E-state index in [0.717, 1.165) is 5.69 Å². The second kappa shape index (κ2) is 12.6. The molecule has 2 aliphatic rings. The molecular weight excluding hydrogens is 580 g/mol. The summed E-state index contributed by atoms with van der Waals surface area (Å²) in [5, 5.41) is 20.5. The third-order valence-corrected chi connectivity index (χ3v) is 8.85. The molecule has 43 heavy (non-hydrogen) atoms. The molecule has 230 valence electrons. The van der Waals surface area contributed by atoms with Gasteiger partial charge in [-0.15, -0.1) is 0 Å². The van der Waals surface area contributed by atoms with E-state index in [0.29, 0.717) is 44.1 Å². The van der Waals surface area contributed by atoms with Crippen LogP contribution in [0.2, 0.25) is 5.02 Å². The number of nitrogens with zero attached hydrogens (tertiary/aromatic N) is 5. The minimum Gasteiger partial charge on any atom is -0.481 e. The number of carbonyl (C=O) groups excluding carboxylic acids is 1. The number of pyridine rings is 1. The highest BCUT2D eigenvalue weighted by molar-refractivity contribution is 6.30. The Morgan fingerprint density at radius 2 is 1.88 bits per heavy atom. The Balaban J connectivity index is 1.44. The van der Waals surface area contributed by atoms with E-state index in [4.69, 9.17) is 11.6 Å². The Morgan fingerprint density at radius 1 is 1.14 bits per heavy atom. The molecule has 3 N–H and O–H groups in total. The maximum absolute atomic E-state index is 16.2. The monoisotopic (exact) mass is 615 g/mol. The molecule has 2 saturated heterocycles. The molecule has 2 aliphatic heterocycles. The first-order chi connectivity index (χ1) is 20.5. The van der Waals surface area contributed by atoms with Crippen molar-refractivity contribution < 1.29 is 23.5 Å². The lowest BCUT2D eigenvalue weighted by Crippen LogP contribution is -2.50. The lowest BCUT2D eigenvalue weighted by Gasteiger charge is -2.43. The van der Waals surface area contributed by atoms with Gasteiger partial charge in [0, 0.05) is 62.5 Å². The number of aliphatic carboxylic acids is 1. The van der Waals surface area contributed by atoms with Crippen LogP contribution in [-0.4, -0.2) is 92.7 Å². The number of carboxylic acids is 1. The fourth-order valence-corrected chi connectivity index (χ4v) is 6.16. The summed E-state index contributed by atoms with van der Waals surface area (Å²) in [6.07, 6.45) is 0.160. The normalized spacial score (nSPS) is 21.6. The lowest BCUT2D eigenvalue weighted by molar-refractivity contribution is -0.153. The second-order valence-corrected chi connectivity index (χ2v) is 12.1. The lowest BCUT2D eigenvalue weighted by atomic mass is 9.72. The fourth-order valence-electron chi connectivity index (χ4n) is 5.96. The van der Waals surface area contributed by atoms with Gasteiger partial charge < -0.3 is 20.2 Å². The zero-order chi connectivity index (χ0) is 30.9. The van der Waals surface area contributed by atoms with Crippen molar-refractivity contribution in [3.8, 4) is 0 Å². The highest BCUT2D eigenvalue weighted by Crippen LogP contribution is 2.40. The number of piperazine rings is 1. The van der Waals surface area contributed by atoms with Crippen LogP contribution in [-0.2, 0) is 17.8 Å². The molecule has 0 saturated carbocycles. The summed E-state index contributed by atoms with van der Waals surface area (Å²) < 4.78 is 30.8. The molecule has 4 heterocycles. The first-order valence-electron chi connectivity index (χ1n) is 14.3. The van der Waals surface area contributed by atoms with Gasteiger partial charge in [0.05, 0.1) is 21.7 Å². The van der Waals surface area contributed by atoms with E-state index in [9.17, 15) is 19.1 Å². The SMILES string of the molecule is Cc1cc(Nc2cc(C(=O)N3CCN(C)CC3)c(F)c(C[C@@]3(C(=O)O)CCN(Cc4cccc(Cl)c4F)[C@H](C)C3)n2)n[nH]1. The molecule has 0 bridgehead atoms. The zero-order valence-electron chi connectivity index (χ0n) is 24.5. The quantitative estimate of drug-likeness (QED) is 0.340. The van der Waals surface area contributed by atoms with E-state index in [2.05, 4.69) is 25.4 Å². The van der Waals surface area contributed by atoms with Gasteiger partial charge in [-0.3, -0.25) is 19.6 Å². The number of rotatable bonds is 8. The number of halogens is 3. The molecule has 1 amide bonds. The molecule has 3 aromatic rings. The fraction of sp³-hybridized carbons (Fsp3) is 0.467. The van der Waals surface area contributed by atoms with E-state index in [1.165, 1.54) is 12.1 Å². The van der Waals surface area contributed by atoms with E-state index < -0.39 is 28.9 Å².